The Balaban J connectivity index is 1.48. The van der Waals surface area contributed by atoms with E-state index in [1.165, 1.54) is 13.2 Å². The van der Waals surface area contributed by atoms with E-state index in [-0.39, 0.29) is 23.8 Å². The summed E-state index contributed by atoms with van der Waals surface area (Å²) in [5, 5.41) is 0.0875. The third-order valence-corrected chi connectivity index (χ3v) is 6.71. The molecular weight excluding hydrogens is 570 g/mol. The van der Waals surface area contributed by atoms with Crippen molar-refractivity contribution in [3.8, 4) is 17.2 Å². The van der Waals surface area contributed by atoms with E-state index in [1.54, 1.807) is 60.7 Å². The van der Waals surface area contributed by atoms with Crippen molar-refractivity contribution in [2.45, 2.75) is 0 Å². The fourth-order valence-corrected chi connectivity index (χ4v) is 4.65. The molecule has 4 rings (SSSR count). The molecule has 0 aliphatic carbocycles. The highest BCUT2D eigenvalue weighted by molar-refractivity contribution is 9.10. The maximum absolute atomic E-state index is 13.0. The van der Waals surface area contributed by atoms with Crippen LogP contribution in [0.15, 0.2) is 76.1 Å². The summed E-state index contributed by atoms with van der Waals surface area (Å²) in [6.45, 7) is 0.170. The molecule has 0 radical (unpaired) electrons. The van der Waals surface area contributed by atoms with E-state index in [0.717, 1.165) is 16.7 Å². The van der Waals surface area contributed by atoms with Gasteiger partial charge in [0.05, 0.1) is 24.1 Å². The predicted molar refractivity (Wildman–Crippen MR) is 142 cm³/mol. The van der Waals surface area contributed by atoms with Gasteiger partial charge in [0.25, 0.3) is 11.1 Å². The Morgan fingerprint density at radius 1 is 1.03 bits per heavy atom. The highest BCUT2D eigenvalue weighted by Gasteiger charge is 2.35. The first-order valence-corrected chi connectivity index (χ1v) is 12.6. The predicted octanol–water partition coefficient (Wildman–Crippen LogP) is 6.45. The zero-order chi connectivity index (χ0) is 25.7. The van der Waals surface area contributed by atoms with Gasteiger partial charge in [-0.1, -0.05) is 39.7 Å². The number of para-hydroxylation sites is 2. The maximum atomic E-state index is 13.0. The van der Waals surface area contributed by atoms with E-state index in [4.69, 9.17) is 25.8 Å². The minimum atomic E-state index is -0.578. The van der Waals surface area contributed by atoms with Crippen LogP contribution in [-0.2, 0) is 4.79 Å². The minimum absolute atomic E-state index is 0.0664. The molecule has 0 aromatic heterocycles. The number of imide groups is 1. The SMILES string of the molecule is COc1ccccc1OCCN1C(=O)S/C(=C\c2cc(Br)ccc2OC(=O)c2ccc(Cl)cc2)C1=O. The summed E-state index contributed by atoms with van der Waals surface area (Å²) in [6.07, 6.45) is 1.53. The fourth-order valence-electron chi connectivity index (χ4n) is 3.29. The number of ether oxygens (including phenoxy) is 3. The molecule has 0 bridgehead atoms. The van der Waals surface area contributed by atoms with Crippen molar-refractivity contribution in [3.63, 3.8) is 0 Å². The van der Waals surface area contributed by atoms with Crippen molar-refractivity contribution in [1.29, 1.82) is 0 Å². The number of amides is 2. The summed E-state index contributed by atoms with van der Waals surface area (Å²) >= 11 is 10.1. The van der Waals surface area contributed by atoms with Crippen molar-refractivity contribution in [2.24, 2.45) is 0 Å². The lowest BCUT2D eigenvalue weighted by atomic mass is 10.1. The van der Waals surface area contributed by atoms with Crippen LogP contribution in [0.1, 0.15) is 15.9 Å². The zero-order valence-corrected chi connectivity index (χ0v) is 22.1. The summed E-state index contributed by atoms with van der Waals surface area (Å²) in [5.74, 6) is 0.281. The van der Waals surface area contributed by atoms with E-state index >= 15 is 0 Å². The number of thioether (sulfide) groups is 1. The van der Waals surface area contributed by atoms with E-state index in [2.05, 4.69) is 15.9 Å². The van der Waals surface area contributed by atoms with E-state index in [1.807, 2.05) is 6.07 Å². The van der Waals surface area contributed by atoms with Gasteiger partial charge >= 0.3 is 5.97 Å². The van der Waals surface area contributed by atoms with Crippen LogP contribution >= 0.6 is 39.3 Å². The standard InChI is InChI=1S/C26H19BrClNO6S/c1-33-21-4-2-3-5-22(21)34-13-12-29-24(30)23(36-26(29)32)15-17-14-18(27)8-11-20(17)35-25(31)16-6-9-19(28)10-7-16/h2-11,14-15H,12-13H2,1H3/b23-15-. The lowest BCUT2D eigenvalue weighted by Gasteiger charge is -2.14. The molecule has 0 saturated carbocycles. The highest BCUT2D eigenvalue weighted by Crippen LogP contribution is 2.35. The third-order valence-electron chi connectivity index (χ3n) is 5.06. The molecule has 1 fully saturated rings. The van der Waals surface area contributed by atoms with Gasteiger partial charge in [-0.2, -0.15) is 0 Å². The number of hydrogen-bond donors (Lipinski definition) is 0. The fraction of sp³-hybridized carbons (Fsp3) is 0.115. The molecule has 1 heterocycles. The second-order valence-electron chi connectivity index (χ2n) is 7.41. The van der Waals surface area contributed by atoms with Crippen LogP contribution < -0.4 is 14.2 Å². The van der Waals surface area contributed by atoms with Crippen LogP contribution in [0.4, 0.5) is 4.79 Å². The number of carbonyl (C=O) groups is 3. The molecule has 0 unspecified atom stereocenters. The molecule has 3 aromatic rings. The molecule has 2 amide bonds. The number of benzene rings is 3. The molecule has 184 valence electrons. The van der Waals surface area contributed by atoms with Crippen molar-refractivity contribution < 1.29 is 28.6 Å². The molecule has 0 N–H and O–H groups in total. The average molecular weight is 589 g/mol. The largest absolute Gasteiger partial charge is 0.493 e. The van der Waals surface area contributed by atoms with Gasteiger partial charge in [0, 0.05) is 15.1 Å². The topological polar surface area (TPSA) is 82.1 Å². The first-order valence-electron chi connectivity index (χ1n) is 10.6. The lowest BCUT2D eigenvalue weighted by Crippen LogP contribution is -2.32. The number of halogens is 2. The first-order chi connectivity index (χ1) is 17.4. The Hall–Kier alpha value is -3.27. The Morgan fingerprint density at radius 3 is 2.47 bits per heavy atom. The highest BCUT2D eigenvalue weighted by atomic mass is 79.9. The number of carbonyl (C=O) groups excluding carboxylic acids is 3. The monoisotopic (exact) mass is 587 g/mol. The second-order valence-corrected chi connectivity index (χ2v) is 9.76. The second kappa shape index (κ2) is 11.6. The van der Waals surface area contributed by atoms with Crippen LogP contribution in [0, 0.1) is 0 Å². The number of rotatable bonds is 8. The lowest BCUT2D eigenvalue weighted by molar-refractivity contribution is -0.123. The van der Waals surface area contributed by atoms with Crippen LogP contribution in [0.3, 0.4) is 0 Å². The third kappa shape index (κ3) is 6.10. The van der Waals surface area contributed by atoms with Gasteiger partial charge in [0.15, 0.2) is 11.5 Å². The van der Waals surface area contributed by atoms with Crippen LogP contribution in [0.25, 0.3) is 6.08 Å². The number of methoxy groups -OCH3 is 1. The number of nitrogens with zero attached hydrogens (tertiary/aromatic N) is 1. The molecule has 0 atom stereocenters. The number of esters is 1. The van der Waals surface area contributed by atoms with Crippen molar-refractivity contribution in [1.82, 2.24) is 4.90 Å². The first kappa shape index (κ1) is 25.8. The van der Waals surface area contributed by atoms with E-state index in [9.17, 15) is 14.4 Å². The summed E-state index contributed by atoms with van der Waals surface area (Å²) < 4.78 is 17.2. The molecule has 3 aromatic carbocycles. The van der Waals surface area contributed by atoms with Gasteiger partial charge in [-0.25, -0.2) is 4.79 Å². The van der Waals surface area contributed by atoms with Crippen molar-refractivity contribution in [3.05, 3.63) is 92.3 Å². The zero-order valence-electron chi connectivity index (χ0n) is 18.9. The quantitative estimate of drug-likeness (QED) is 0.170. The maximum Gasteiger partial charge on any atom is 0.343 e. The van der Waals surface area contributed by atoms with Crippen molar-refractivity contribution >= 4 is 62.5 Å². The minimum Gasteiger partial charge on any atom is -0.493 e. The smallest absolute Gasteiger partial charge is 0.343 e. The average Bonchev–Trinajstić information content (AvgIpc) is 3.13. The Bertz CT molecular complexity index is 1340. The Kier molecular flexibility index (Phi) is 8.35. The number of hydrogen-bond acceptors (Lipinski definition) is 7. The van der Waals surface area contributed by atoms with Gasteiger partial charge in [0.2, 0.25) is 0 Å². The van der Waals surface area contributed by atoms with Gasteiger partial charge in [-0.15, -0.1) is 0 Å². The van der Waals surface area contributed by atoms with Crippen LogP contribution in [-0.4, -0.2) is 42.3 Å². The summed E-state index contributed by atoms with van der Waals surface area (Å²) in [4.78, 5) is 39.4. The van der Waals surface area contributed by atoms with Gasteiger partial charge in [-0.3, -0.25) is 14.5 Å². The Morgan fingerprint density at radius 2 is 1.75 bits per heavy atom. The van der Waals surface area contributed by atoms with Gasteiger partial charge in [0.1, 0.15) is 12.4 Å². The van der Waals surface area contributed by atoms with E-state index in [0.29, 0.717) is 32.1 Å². The molecule has 0 spiro atoms. The molecule has 1 aliphatic rings. The van der Waals surface area contributed by atoms with Crippen LogP contribution in [0.2, 0.25) is 5.02 Å². The van der Waals surface area contributed by atoms with Gasteiger partial charge < -0.3 is 14.2 Å². The van der Waals surface area contributed by atoms with Crippen LogP contribution in [0.5, 0.6) is 17.2 Å². The summed E-state index contributed by atoms with van der Waals surface area (Å²) in [5.41, 5.74) is 0.783. The molecule has 10 heteroatoms. The van der Waals surface area contributed by atoms with Crippen molar-refractivity contribution in [2.75, 3.05) is 20.3 Å². The summed E-state index contributed by atoms with van der Waals surface area (Å²) in [6, 6.07) is 18.4. The summed E-state index contributed by atoms with van der Waals surface area (Å²) in [7, 11) is 1.53. The molecule has 36 heavy (non-hydrogen) atoms. The van der Waals surface area contributed by atoms with Gasteiger partial charge in [-0.05, 0) is 72.4 Å². The normalized spacial score (nSPS) is 14.3. The van der Waals surface area contributed by atoms with E-state index < -0.39 is 17.1 Å². The molecular formula is C26H19BrClNO6S. The molecule has 1 aliphatic heterocycles. The Labute approximate surface area is 225 Å². The molecule has 1 saturated heterocycles. The molecule has 7 nitrogen and oxygen atoms in total.